The molecule has 3 aromatic rings. The van der Waals surface area contributed by atoms with Crippen molar-refractivity contribution in [3.05, 3.63) is 57.6 Å². The molecule has 0 heterocycles. The molecule has 162 valence electrons. The highest BCUT2D eigenvalue weighted by molar-refractivity contribution is 6.30. The van der Waals surface area contributed by atoms with Gasteiger partial charge >= 0.3 is 35.8 Å². The number of hydrogen-bond acceptors (Lipinski definition) is 6. The summed E-state index contributed by atoms with van der Waals surface area (Å²) in [6.07, 6.45) is 0. The molecule has 6 N–H and O–H groups in total. The summed E-state index contributed by atoms with van der Waals surface area (Å²) in [5.41, 5.74) is -6.83. The number of aromatic carboxylic acids is 6. The van der Waals surface area contributed by atoms with Crippen molar-refractivity contribution >= 4 is 57.4 Å². The Bertz CT molecular complexity index is 1430. The third-order valence-corrected chi connectivity index (χ3v) is 4.73. The van der Waals surface area contributed by atoms with Crippen LogP contribution in [0.4, 0.5) is 0 Å². The molecule has 0 amide bonds. The van der Waals surface area contributed by atoms with E-state index in [1.807, 2.05) is 0 Å². The van der Waals surface area contributed by atoms with Crippen LogP contribution in [-0.4, -0.2) is 66.5 Å². The van der Waals surface area contributed by atoms with Crippen LogP contribution in [-0.2, 0) is 0 Å². The minimum Gasteiger partial charge on any atom is -0.478 e. The molecule has 0 spiro atoms. The maximum Gasteiger partial charge on any atom is 0.337 e. The fourth-order valence-corrected chi connectivity index (χ4v) is 3.68. The van der Waals surface area contributed by atoms with Gasteiger partial charge in [0.25, 0.3) is 0 Å². The molecule has 0 aliphatic heterocycles. The number of hydrogen-bond donors (Lipinski definition) is 6. The van der Waals surface area contributed by atoms with Crippen molar-refractivity contribution in [2.45, 2.75) is 0 Å². The minimum atomic E-state index is -2.13. The van der Waals surface area contributed by atoms with Crippen LogP contribution >= 0.6 is 0 Å². The number of carboxylic acid groups (broad SMARTS) is 6. The fraction of sp³-hybridized carbons (Fsp3) is 0. The van der Waals surface area contributed by atoms with Crippen LogP contribution in [0, 0.1) is 0 Å². The maximum absolute atomic E-state index is 12.2. The van der Waals surface area contributed by atoms with E-state index in [1.54, 1.807) is 0 Å². The van der Waals surface area contributed by atoms with E-state index >= 15 is 0 Å². The summed E-state index contributed by atoms with van der Waals surface area (Å²) in [5, 5.41) is 55.4. The lowest BCUT2D eigenvalue weighted by Gasteiger charge is -2.18. The van der Waals surface area contributed by atoms with Crippen LogP contribution in [0.5, 0.6) is 0 Å². The summed E-state index contributed by atoms with van der Waals surface area (Å²) in [4.78, 5) is 71.4. The molecule has 0 aliphatic carbocycles. The Morgan fingerprint density at radius 3 is 1.41 bits per heavy atom. The average Bonchev–Trinajstić information content (AvgIpc) is 2.68. The summed E-state index contributed by atoms with van der Waals surface area (Å²) in [7, 11) is 0. The Labute approximate surface area is 175 Å². The van der Waals surface area contributed by atoms with Crippen LogP contribution in [0.25, 0.3) is 21.5 Å². The molecule has 0 bridgehead atoms. The zero-order valence-corrected chi connectivity index (χ0v) is 15.4. The second-order valence-electron chi connectivity index (χ2n) is 6.41. The summed E-state index contributed by atoms with van der Waals surface area (Å²) >= 11 is 0. The summed E-state index contributed by atoms with van der Waals surface area (Å²) < 4.78 is 0. The molecule has 0 fully saturated rings. The van der Waals surface area contributed by atoms with Gasteiger partial charge in [0.05, 0.1) is 33.4 Å². The quantitative estimate of drug-likeness (QED) is 0.302. The predicted molar refractivity (Wildman–Crippen MR) is 103 cm³/mol. The number of benzene rings is 3. The highest BCUT2D eigenvalue weighted by Crippen LogP contribution is 2.39. The first-order valence-electron chi connectivity index (χ1n) is 8.39. The second-order valence-corrected chi connectivity index (χ2v) is 6.41. The van der Waals surface area contributed by atoms with Crippen molar-refractivity contribution in [2.75, 3.05) is 0 Å². The molecule has 3 rings (SSSR count). The highest BCUT2D eigenvalue weighted by atomic mass is 16.4. The smallest absolute Gasteiger partial charge is 0.337 e. The van der Waals surface area contributed by atoms with Gasteiger partial charge in [-0.2, -0.15) is 0 Å². The van der Waals surface area contributed by atoms with E-state index in [0.717, 1.165) is 12.1 Å². The normalized spacial score (nSPS) is 10.8. The van der Waals surface area contributed by atoms with Gasteiger partial charge in [0.2, 0.25) is 0 Å². The van der Waals surface area contributed by atoms with E-state index in [9.17, 15) is 59.4 Å². The Balaban J connectivity index is 2.94. The van der Waals surface area contributed by atoms with Crippen LogP contribution < -0.4 is 0 Å². The average molecular weight is 442 g/mol. The van der Waals surface area contributed by atoms with E-state index in [-0.39, 0.29) is 5.39 Å². The molecule has 0 atom stereocenters. The number of carboxylic acids is 6. The van der Waals surface area contributed by atoms with Crippen LogP contribution in [0.2, 0.25) is 0 Å². The molecule has 0 radical (unpaired) electrons. The second kappa shape index (κ2) is 7.36. The first-order valence-corrected chi connectivity index (χ1v) is 8.39. The predicted octanol–water partition coefficient (Wildman–Crippen LogP) is 2.18. The van der Waals surface area contributed by atoms with Crippen molar-refractivity contribution in [3.63, 3.8) is 0 Å². The lowest BCUT2D eigenvalue weighted by Crippen LogP contribution is -2.21. The summed E-state index contributed by atoms with van der Waals surface area (Å²) in [5.74, 6) is -11.7. The van der Waals surface area contributed by atoms with Gasteiger partial charge in [-0.3, -0.25) is 0 Å². The number of fused-ring (bicyclic) bond motifs is 2. The lowest BCUT2D eigenvalue weighted by atomic mass is 9.83. The largest absolute Gasteiger partial charge is 0.478 e. The number of rotatable bonds is 6. The molecule has 0 aromatic heterocycles. The molecule has 0 saturated heterocycles. The Kier molecular flexibility index (Phi) is 4.99. The lowest BCUT2D eigenvalue weighted by molar-refractivity contribution is 0.0621. The molecule has 12 heteroatoms. The fourth-order valence-electron chi connectivity index (χ4n) is 3.68. The van der Waals surface area contributed by atoms with Crippen molar-refractivity contribution in [3.8, 4) is 0 Å². The molecule has 0 saturated carbocycles. The summed E-state index contributed by atoms with van der Waals surface area (Å²) in [6, 6.07) is 4.36. The van der Waals surface area contributed by atoms with Gasteiger partial charge in [-0.25, -0.2) is 28.8 Å². The third-order valence-electron chi connectivity index (χ3n) is 4.73. The van der Waals surface area contributed by atoms with E-state index < -0.39 is 85.4 Å². The van der Waals surface area contributed by atoms with E-state index in [4.69, 9.17) is 0 Å². The Morgan fingerprint density at radius 2 is 0.969 bits per heavy atom. The summed E-state index contributed by atoms with van der Waals surface area (Å²) in [6.45, 7) is 0. The van der Waals surface area contributed by atoms with Gasteiger partial charge in [0.1, 0.15) is 0 Å². The molecular weight excluding hydrogens is 432 g/mol. The topological polar surface area (TPSA) is 224 Å². The van der Waals surface area contributed by atoms with Gasteiger partial charge in [-0.1, -0.05) is 12.1 Å². The van der Waals surface area contributed by atoms with Gasteiger partial charge in [0.15, 0.2) is 0 Å². The van der Waals surface area contributed by atoms with Crippen LogP contribution in [0.1, 0.15) is 62.1 Å². The van der Waals surface area contributed by atoms with Crippen molar-refractivity contribution in [1.82, 2.24) is 0 Å². The molecule has 3 aromatic carbocycles. The third kappa shape index (κ3) is 3.02. The van der Waals surface area contributed by atoms with Crippen molar-refractivity contribution in [2.24, 2.45) is 0 Å². The maximum atomic E-state index is 12.2. The van der Waals surface area contributed by atoms with Crippen LogP contribution in [0.3, 0.4) is 0 Å². The standard InChI is InChI=1S/C20H10O12/c21-15(22)6-3-1-2-5-4-7-9(11(8(5)6)17(25)26)12(18(27)28)14(20(31)32)13(19(29)30)10(7)16(23)24/h1-4H,(H,21,22)(H,23,24)(H,25,26)(H,27,28)(H,29,30)(H,31,32). The number of carbonyl (C=O) groups is 6. The minimum absolute atomic E-state index is 0.145. The van der Waals surface area contributed by atoms with Gasteiger partial charge in [-0.05, 0) is 22.9 Å². The van der Waals surface area contributed by atoms with Gasteiger partial charge < -0.3 is 30.6 Å². The highest BCUT2D eigenvalue weighted by Gasteiger charge is 2.36. The molecule has 32 heavy (non-hydrogen) atoms. The Hall–Kier alpha value is -5.00. The van der Waals surface area contributed by atoms with E-state index in [1.165, 1.54) is 12.1 Å². The van der Waals surface area contributed by atoms with Crippen molar-refractivity contribution < 1.29 is 59.4 Å². The van der Waals surface area contributed by atoms with Gasteiger partial charge in [-0.15, -0.1) is 0 Å². The zero-order chi connectivity index (χ0) is 24.1. The Morgan fingerprint density at radius 1 is 0.500 bits per heavy atom. The first kappa shape index (κ1) is 21.7. The molecule has 0 unspecified atom stereocenters. The molecular formula is C20H10O12. The monoisotopic (exact) mass is 442 g/mol. The molecule has 0 aliphatic rings. The van der Waals surface area contributed by atoms with E-state index in [2.05, 4.69) is 0 Å². The van der Waals surface area contributed by atoms with Crippen LogP contribution in [0.15, 0.2) is 24.3 Å². The molecule has 12 nitrogen and oxygen atoms in total. The first-order chi connectivity index (χ1) is 14.9. The zero-order valence-electron chi connectivity index (χ0n) is 15.4. The van der Waals surface area contributed by atoms with Gasteiger partial charge in [0, 0.05) is 10.8 Å². The SMILES string of the molecule is O=C(O)c1c(C(=O)O)c(C(=O)O)c2c(C(=O)O)c3c(C(=O)O)cccc3cc2c1C(=O)O. The van der Waals surface area contributed by atoms with E-state index in [0.29, 0.717) is 0 Å². The van der Waals surface area contributed by atoms with Crippen molar-refractivity contribution in [1.29, 1.82) is 0 Å².